The third-order valence-electron chi connectivity index (χ3n) is 4.69. The maximum Gasteiger partial charge on any atom is 0.168 e. The van der Waals surface area contributed by atoms with Crippen molar-refractivity contribution in [1.29, 1.82) is 0 Å². The molecule has 0 saturated carbocycles. The zero-order valence-corrected chi connectivity index (χ0v) is 15.5. The van der Waals surface area contributed by atoms with E-state index in [0.29, 0.717) is 5.92 Å². The van der Waals surface area contributed by atoms with Crippen LogP contribution in [0, 0.1) is 5.92 Å². The first-order valence-electron chi connectivity index (χ1n) is 9.48. The number of nitrogens with one attached hydrogen (secondary N) is 1. The summed E-state index contributed by atoms with van der Waals surface area (Å²) >= 11 is 0. The lowest BCUT2D eigenvalue weighted by atomic mass is 10.1. The van der Waals surface area contributed by atoms with Gasteiger partial charge >= 0.3 is 0 Å². The topological polar surface area (TPSA) is 58.9 Å². The van der Waals surface area contributed by atoms with Crippen LogP contribution in [0.2, 0.25) is 0 Å². The van der Waals surface area contributed by atoms with Gasteiger partial charge in [0.05, 0.1) is 17.3 Å². The molecule has 0 radical (unpaired) electrons. The van der Waals surface area contributed by atoms with E-state index in [9.17, 15) is 0 Å². The third-order valence-corrected chi connectivity index (χ3v) is 4.69. The monoisotopic (exact) mass is 350 g/mol. The maximum absolute atomic E-state index is 4.95. The highest BCUT2D eigenvalue weighted by atomic mass is 15.3. The molecular weight excluding hydrogens is 324 g/mol. The average Bonchev–Trinajstić information content (AvgIpc) is 2.87. The van der Waals surface area contributed by atoms with Gasteiger partial charge in [-0.3, -0.25) is 0 Å². The fourth-order valence-corrected chi connectivity index (χ4v) is 3.45. The molecule has 6 heteroatoms. The van der Waals surface area contributed by atoms with Crippen molar-refractivity contribution in [2.45, 2.75) is 26.7 Å². The summed E-state index contributed by atoms with van der Waals surface area (Å²) in [6.07, 6.45) is 3.90. The van der Waals surface area contributed by atoms with Crippen molar-refractivity contribution >= 4 is 16.9 Å². The number of hydrogen-bond acceptors (Lipinski definition) is 5. The molecule has 3 aromatic rings. The van der Waals surface area contributed by atoms with Gasteiger partial charge in [0.2, 0.25) is 0 Å². The van der Waals surface area contributed by atoms with Gasteiger partial charge in [-0.2, -0.15) is 5.10 Å². The van der Waals surface area contributed by atoms with Crippen LogP contribution in [0.15, 0.2) is 36.5 Å². The Morgan fingerprint density at radius 2 is 1.92 bits per heavy atom. The Morgan fingerprint density at radius 3 is 2.73 bits per heavy atom. The highest BCUT2D eigenvalue weighted by Crippen LogP contribution is 2.27. The molecule has 1 aromatic carbocycles. The predicted molar refractivity (Wildman–Crippen MR) is 105 cm³/mol. The molecule has 0 spiro atoms. The van der Waals surface area contributed by atoms with Crippen LogP contribution in [0.1, 0.15) is 26.1 Å². The fourth-order valence-electron chi connectivity index (χ4n) is 3.45. The number of nitrogens with zero attached hydrogens (tertiary/aromatic N) is 5. The Hall–Kier alpha value is -2.47. The van der Waals surface area contributed by atoms with Crippen LogP contribution >= 0.6 is 0 Å². The Labute approximate surface area is 154 Å². The van der Waals surface area contributed by atoms with E-state index in [-0.39, 0.29) is 0 Å². The molecule has 6 nitrogen and oxygen atoms in total. The summed E-state index contributed by atoms with van der Waals surface area (Å²) in [6, 6.07) is 10.2. The first kappa shape index (κ1) is 17.0. The summed E-state index contributed by atoms with van der Waals surface area (Å²) in [6.45, 7) is 8.43. The van der Waals surface area contributed by atoms with Crippen LogP contribution in [0.3, 0.4) is 0 Å². The lowest BCUT2D eigenvalue weighted by Gasteiger charge is -2.22. The molecule has 0 amide bonds. The number of fused-ring (bicyclic) bond motifs is 1. The number of para-hydroxylation sites is 1. The molecular formula is C20H26N6. The molecule has 0 bridgehead atoms. The molecule has 1 N–H and O–H groups in total. The average molecular weight is 350 g/mol. The minimum atomic E-state index is 0.513. The second-order valence-corrected chi connectivity index (χ2v) is 7.28. The van der Waals surface area contributed by atoms with Gasteiger partial charge in [0, 0.05) is 26.1 Å². The summed E-state index contributed by atoms with van der Waals surface area (Å²) in [7, 11) is 0. The predicted octanol–water partition coefficient (Wildman–Crippen LogP) is 2.81. The van der Waals surface area contributed by atoms with Crippen molar-refractivity contribution in [3.63, 3.8) is 0 Å². The highest BCUT2D eigenvalue weighted by Gasteiger charge is 2.20. The van der Waals surface area contributed by atoms with E-state index in [4.69, 9.17) is 9.97 Å². The second kappa shape index (κ2) is 7.41. The van der Waals surface area contributed by atoms with Gasteiger partial charge in [-0.05, 0) is 31.0 Å². The van der Waals surface area contributed by atoms with E-state index < -0.39 is 0 Å². The smallest absolute Gasteiger partial charge is 0.168 e. The zero-order valence-electron chi connectivity index (χ0n) is 15.5. The van der Waals surface area contributed by atoms with Crippen molar-refractivity contribution in [1.82, 2.24) is 25.1 Å². The quantitative estimate of drug-likeness (QED) is 0.784. The molecule has 1 saturated heterocycles. The SMILES string of the molecule is CC(C)Cc1nc(N2CCCNCC2)c2cnn(-c3ccccc3)c2n1. The van der Waals surface area contributed by atoms with Gasteiger partial charge in [0.15, 0.2) is 5.65 Å². The van der Waals surface area contributed by atoms with Crippen LogP contribution < -0.4 is 10.2 Å². The fraction of sp³-hybridized carbons (Fsp3) is 0.450. The molecule has 0 unspecified atom stereocenters. The summed E-state index contributed by atoms with van der Waals surface area (Å²) in [5, 5.41) is 9.13. The summed E-state index contributed by atoms with van der Waals surface area (Å²) in [5.74, 6) is 2.44. The lowest BCUT2D eigenvalue weighted by molar-refractivity contribution is 0.620. The number of anilines is 1. The molecule has 1 aliphatic rings. The second-order valence-electron chi connectivity index (χ2n) is 7.28. The van der Waals surface area contributed by atoms with Crippen molar-refractivity contribution in [2.24, 2.45) is 5.92 Å². The Morgan fingerprint density at radius 1 is 1.08 bits per heavy atom. The first-order valence-corrected chi connectivity index (χ1v) is 9.48. The van der Waals surface area contributed by atoms with Crippen molar-refractivity contribution in [3.05, 3.63) is 42.4 Å². The molecule has 0 atom stereocenters. The van der Waals surface area contributed by atoms with E-state index in [1.807, 2.05) is 29.1 Å². The van der Waals surface area contributed by atoms with Crippen molar-refractivity contribution in [2.75, 3.05) is 31.1 Å². The van der Waals surface area contributed by atoms with Gasteiger partial charge in [-0.15, -0.1) is 0 Å². The van der Waals surface area contributed by atoms with E-state index in [2.05, 4.69) is 41.3 Å². The van der Waals surface area contributed by atoms with Crippen LogP contribution in [-0.2, 0) is 6.42 Å². The lowest BCUT2D eigenvalue weighted by Crippen LogP contribution is -2.29. The Kier molecular flexibility index (Phi) is 4.84. The van der Waals surface area contributed by atoms with Gasteiger partial charge in [0.1, 0.15) is 11.6 Å². The molecule has 3 heterocycles. The number of hydrogen-bond donors (Lipinski definition) is 1. The van der Waals surface area contributed by atoms with Gasteiger partial charge in [0.25, 0.3) is 0 Å². The van der Waals surface area contributed by atoms with E-state index in [1.54, 1.807) is 0 Å². The van der Waals surface area contributed by atoms with Crippen LogP contribution in [-0.4, -0.2) is 45.9 Å². The summed E-state index contributed by atoms with van der Waals surface area (Å²) in [4.78, 5) is 12.2. The molecule has 2 aromatic heterocycles. The minimum Gasteiger partial charge on any atom is -0.355 e. The summed E-state index contributed by atoms with van der Waals surface area (Å²) in [5.41, 5.74) is 1.93. The summed E-state index contributed by atoms with van der Waals surface area (Å²) < 4.78 is 1.93. The molecule has 26 heavy (non-hydrogen) atoms. The number of aromatic nitrogens is 4. The van der Waals surface area contributed by atoms with Crippen LogP contribution in [0.25, 0.3) is 16.7 Å². The third kappa shape index (κ3) is 3.42. The van der Waals surface area contributed by atoms with Gasteiger partial charge in [-0.1, -0.05) is 32.0 Å². The van der Waals surface area contributed by atoms with Gasteiger partial charge < -0.3 is 10.2 Å². The first-order chi connectivity index (χ1) is 12.7. The van der Waals surface area contributed by atoms with E-state index in [0.717, 1.165) is 67.4 Å². The largest absolute Gasteiger partial charge is 0.355 e. The van der Waals surface area contributed by atoms with Crippen LogP contribution in [0.4, 0.5) is 5.82 Å². The maximum atomic E-state index is 4.95. The highest BCUT2D eigenvalue weighted by molar-refractivity contribution is 5.88. The number of rotatable bonds is 4. The van der Waals surface area contributed by atoms with Crippen molar-refractivity contribution in [3.8, 4) is 5.69 Å². The number of benzene rings is 1. The van der Waals surface area contributed by atoms with E-state index in [1.165, 1.54) is 0 Å². The molecule has 4 rings (SSSR count). The Balaban J connectivity index is 1.85. The van der Waals surface area contributed by atoms with Crippen LogP contribution in [0.5, 0.6) is 0 Å². The van der Waals surface area contributed by atoms with Gasteiger partial charge in [-0.25, -0.2) is 14.6 Å². The zero-order chi connectivity index (χ0) is 17.9. The molecule has 136 valence electrons. The standard InChI is InChI=1S/C20H26N6/c1-15(2)13-18-23-19(25-11-6-9-21-10-12-25)17-14-22-26(20(17)24-18)16-7-4-3-5-8-16/h3-5,7-8,14-15,21H,6,9-13H2,1-2H3. The normalized spacial score (nSPS) is 15.6. The minimum absolute atomic E-state index is 0.513. The Bertz CT molecular complexity index is 863. The molecule has 0 aliphatic carbocycles. The molecule has 1 fully saturated rings. The molecule has 1 aliphatic heterocycles. The van der Waals surface area contributed by atoms with E-state index >= 15 is 0 Å². The van der Waals surface area contributed by atoms with Crippen molar-refractivity contribution < 1.29 is 0 Å².